The van der Waals surface area contributed by atoms with Crippen LogP contribution in [0.25, 0.3) is 0 Å². The van der Waals surface area contributed by atoms with E-state index in [1.807, 2.05) is 6.92 Å². The Morgan fingerprint density at radius 2 is 1.94 bits per heavy atom. The Balaban J connectivity index is 2.79. The Morgan fingerprint density at radius 3 is 2.44 bits per heavy atom. The van der Waals surface area contributed by atoms with Gasteiger partial charge in [0.05, 0.1) is 4.90 Å². The molecule has 0 aliphatic rings. The zero-order valence-corrected chi connectivity index (χ0v) is 10.2. The first-order valence-electron chi connectivity index (χ1n) is 5.37. The molecule has 0 radical (unpaired) electrons. The maximum atomic E-state index is 11.9. The summed E-state index contributed by atoms with van der Waals surface area (Å²) < 4.78 is 26.4. The molecule has 4 nitrogen and oxygen atoms in total. The van der Waals surface area contributed by atoms with Crippen LogP contribution in [0.5, 0.6) is 0 Å². The predicted octanol–water partition coefficient (Wildman–Crippen LogP) is 1.09. The summed E-state index contributed by atoms with van der Waals surface area (Å²) in [5.74, 6) is 0. The zero-order chi connectivity index (χ0) is 12.0. The van der Waals surface area contributed by atoms with Crippen LogP contribution in [0.2, 0.25) is 0 Å². The van der Waals surface area contributed by atoms with Gasteiger partial charge in [0.2, 0.25) is 10.0 Å². The van der Waals surface area contributed by atoms with Crippen molar-refractivity contribution >= 4 is 10.0 Å². The number of rotatable bonds is 6. The fraction of sp³-hybridized carbons (Fsp3) is 0.455. The van der Waals surface area contributed by atoms with Crippen LogP contribution in [-0.2, 0) is 10.0 Å². The minimum absolute atomic E-state index is 0.185. The monoisotopic (exact) mass is 242 g/mol. The smallest absolute Gasteiger partial charge is 0.240 e. The molecule has 0 saturated carbocycles. The lowest BCUT2D eigenvalue weighted by Gasteiger charge is -2.15. The maximum absolute atomic E-state index is 11.9. The topological polar surface area (TPSA) is 72.2 Å². The minimum Gasteiger partial charge on any atom is -0.329 e. The average Bonchev–Trinajstić information content (AvgIpc) is 2.29. The van der Waals surface area contributed by atoms with E-state index in [1.54, 1.807) is 30.3 Å². The Bertz CT molecular complexity index is 403. The van der Waals surface area contributed by atoms with Gasteiger partial charge < -0.3 is 5.73 Å². The highest BCUT2D eigenvalue weighted by atomic mass is 32.2. The number of nitrogens with one attached hydrogen (secondary N) is 1. The number of hydrogen-bond donors (Lipinski definition) is 2. The van der Waals surface area contributed by atoms with Gasteiger partial charge in [-0.15, -0.1) is 0 Å². The molecule has 0 aromatic heterocycles. The Labute approximate surface area is 96.9 Å². The summed E-state index contributed by atoms with van der Waals surface area (Å²) in [5.41, 5.74) is 5.52. The van der Waals surface area contributed by atoms with Crippen molar-refractivity contribution in [3.8, 4) is 0 Å². The SMILES string of the molecule is CCCC(CN)NS(=O)(=O)c1ccccc1. The summed E-state index contributed by atoms with van der Waals surface area (Å²) in [4.78, 5) is 0.282. The van der Waals surface area contributed by atoms with Crippen molar-refractivity contribution in [2.45, 2.75) is 30.7 Å². The number of nitrogens with two attached hydrogens (primary N) is 1. The third-order valence-electron chi connectivity index (χ3n) is 2.30. The van der Waals surface area contributed by atoms with Crippen molar-refractivity contribution in [2.75, 3.05) is 6.54 Å². The highest BCUT2D eigenvalue weighted by Crippen LogP contribution is 2.09. The summed E-state index contributed by atoms with van der Waals surface area (Å²) in [6.07, 6.45) is 1.65. The van der Waals surface area contributed by atoms with Gasteiger partial charge in [0.25, 0.3) is 0 Å². The molecule has 16 heavy (non-hydrogen) atoms. The van der Waals surface area contributed by atoms with Crippen LogP contribution in [0.1, 0.15) is 19.8 Å². The summed E-state index contributed by atoms with van der Waals surface area (Å²) in [7, 11) is -3.42. The van der Waals surface area contributed by atoms with Crippen molar-refractivity contribution in [3.05, 3.63) is 30.3 Å². The fourth-order valence-electron chi connectivity index (χ4n) is 1.46. The molecule has 1 rings (SSSR count). The highest BCUT2D eigenvalue weighted by molar-refractivity contribution is 7.89. The predicted molar refractivity (Wildman–Crippen MR) is 64.5 cm³/mol. The van der Waals surface area contributed by atoms with Crippen LogP contribution in [0.15, 0.2) is 35.2 Å². The lowest BCUT2D eigenvalue weighted by atomic mass is 10.2. The minimum atomic E-state index is -3.42. The molecule has 5 heteroatoms. The van der Waals surface area contributed by atoms with E-state index in [9.17, 15) is 8.42 Å². The van der Waals surface area contributed by atoms with Gasteiger partial charge in [0.1, 0.15) is 0 Å². The quantitative estimate of drug-likeness (QED) is 0.784. The third kappa shape index (κ3) is 3.59. The van der Waals surface area contributed by atoms with Crippen molar-refractivity contribution in [2.24, 2.45) is 5.73 Å². The molecular weight excluding hydrogens is 224 g/mol. The van der Waals surface area contributed by atoms with Gasteiger partial charge in [-0.2, -0.15) is 0 Å². The van der Waals surface area contributed by atoms with E-state index >= 15 is 0 Å². The van der Waals surface area contributed by atoms with Crippen LogP contribution >= 0.6 is 0 Å². The zero-order valence-electron chi connectivity index (χ0n) is 9.39. The van der Waals surface area contributed by atoms with E-state index in [4.69, 9.17) is 5.73 Å². The summed E-state index contributed by atoms with van der Waals surface area (Å²) in [6, 6.07) is 8.14. The molecule has 90 valence electrons. The Kier molecular flexibility index (Phi) is 4.92. The lowest BCUT2D eigenvalue weighted by Crippen LogP contribution is -2.39. The molecule has 0 spiro atoms. The molecule has 1 aromatic carbocycles. The maximum Gasteiger partial charge on any atom is 0.240 e. The number of sulfonamides is 1. The average molecular weight is 242 g/mol. The van der Waals surface area contributed by atoms with Crippen LogP contribution < -0.4 is 10.5 Å². The Hall–Kier alpha value is -0.910. The molecule has 0 amide bonds. The van der Waals surface area contributed by atoms with Crippen LogP contribution in [-0.4, -0.2) is 21.0 Å². The van der Waals surface area contributed by atoms with E-state index < -0.39 is 10.0 Å². The van der Waals surface area contributed by atoms with E-state index in [0.29, 0.717) is 6.54 Å². The molecule has 1 unspecified atom stereocenters. The van der Waals surface area contributed by atoms with Crippen molar-refractivity contribution in [3.63, 3.8) is 0 Å². The Morgan fingerprint density at radius 1 is 1.31 bits per heavy atom. The molecule has 0 fully saturated rings. The molecule has 3 N–H and O–H groups in total. The summed E-state index contributed by atoms with van der Waals surface area (Å²) >= 11 is 0. The highest BCUT2D eigenvalue weighted by Gasteiger charge is 2.17. The van der Waals surface area contributed by atoms with Gasteiger partial charge >= 0.3 is 0 Å². The second-order valence-corrected chi connectivity index (χ2v) is 5.37. The van der Waals surface area contributed by atoms with E-state index in [2.05, 4.69) is 4.72 Å². The van der Waals surface area contributed by atoms with Gasteiger partial charge in [-0.25, -0.2) is 13.1 Å². The molecule has 0 aliphatic carbocycles. The molecule has 1 aromatic rings. The third-order valence-corrected chi connectivity index (χ3v) is 3.83. The van der Waals surface area contributed by atoms with Gasteiger partial charge in [-0.05, 0) is 18.6 Å². The van der Waals surface area contributed by atoms with Gasteiger partial charge in [0.15, 0.2) is 0 Å². The van der Waals surface area contributed by atoms with Crippen LogP contribution in [0.3, 0.4) is 0 Å². The largest absolute Gasteiger partial charge is 0.329 e. The van der Waals surface area contributed by atoms with Gasteiger partial charge in [-0.3, -0.25) is 0 Å². The standard InChI is InChI=1S/C11H18N2O2S/c1-2-6-10(9-12)13-16(14,15)11-7-4-3-5-8-11/h3-5,7-8,10,13H,2,6,9,12H2,1H3. The number of hydrogen-bond acceptors (Lipinski definition) is 3. The summed E-state index contributed by atoms with van der Waals surface area (Å²) in [5, 5.41) is 0. The summed E-state index contributed by atoms with van der Waals surface area (Å²) in [6.45, 7) is 2.32. The van der Waals surface area contributed by atoms with Crippen molar-refractivity contribution in [1.82, 2.24) is 4.72 Å². The van der Waals surface area contributed by atoms with E-state index in [-0.39, 0.29) is 10.9 Å². The molecule has 0 heterocycles. The van der Waals surface area contributed by atoms with Crippen LogP contribution in [0, 0.1) is 0 Å². The number of benzene rings is 1. The molecule has 0 saturated heterocycles. The molecule has 0 bridgehead atoms. The normalized spacial score (nSPS) is 13.6. The van der Waals surface area contributed by atoms with E-state index in [0.717, 1.165) is 12.8 Å². The first-order valence-corrected chi connectivity index (χ1v) is 6.86. The van der Waals surface area contributed by atoms with Gasteiger partial charge in [-0.1, -0.05) is 31.5 Å². The van der Waals surface area contributed by atoms with E-state index in [1.165, 1.54) is 0 Å². The fourth-order valence-corrected chi connectivity index (χ4v) is 2.76. The van der Waals surface area contributed by atoms with Crippen molar-refractivity contribution in [1.29, 1.82) is 0 Å². The molecule has 1 atom stereocenters. The lowest BCUT2D eigenvalue weighted by molar-refractivity contribution is 0.527. The molecular formula is C11H18N2O2S. The van der Waals surface area contributed by atoms with Crippen LogP contribution in [0.4, 0.5) is 0 Å². The second-order valence-electron chi connectivity index (χ2n) is 3.66. The second kappa shape index (κ2) is 5.98. The first-order chi connectivity index (χ1) is 7.60. The first kappa shape index (κ1) is 13.2. The van der Waals surface area contributed by atoms with Crippen molar-refractivity contribution < 1.29 is 8.42 Å². The molecule has 0 aliphatic heterocycles. The van der Waals surface area contributed by atoms with Gasteiger partial charge in [0, 0.05) is 12.6 Å².